The van der Waals surface area contributed by atoms with Crippen LogP contribution in [0.3, 0.4) is 0 Å². The number of hydrogen-bond donors (Lipinski definition) is 1. The molecule has 0 atom stereocenters. The molecule has 0 fully saturated rings. The summed E-state index contributed by atoms with van der Waals surface area (Å²) in [5, 5.41) is 4.65. The van der Waals surface area contributed by atoms with Crippen LogP contribution in [-0.4, -0.2) is 14.4 Å². The predicted octanol–water partition coefficient (Wildman–Crippen LogP) is 4.11. The van der Waals surface area contributed by atoms with Gasteiger partial charge in [0.2, 0.25) is 0 Å². The molecule has 0 aliphatic carbocycles. The molecule has 3 heterocycles. The SMILES string of the molecule is Cc1cc(NCc2cn3c(C)cccc3n2)c2ccccc2n1. The number of benzene rings is 1. The predicted molar refractivity (Wildman–Crippen MR) is 93.7 cm³/mol. The molecule has 3 aromatic heterocycles. The number of nitrogens with zero attached hydrogens (tertiary/aromatic N) is 3. The lowest BCUT2D eigenvalue weighted by Crippen LogP contribution is -2.01. The largest absolute Gasteiger partial charge is 0.379 e. The maximum atomic E-state index is 4.68. The van der Waals surface area contributed by atoms with Crippen molar-refractivity contribution in [2.24, 2.45) is 0 Å². The van der Waals surface area contributed by atoms with Crippen LogP contribution in [0, 0.1) is 13.8 Å². The minimum Gasteiger partial charge on any atom is -0.379 e. The lowest BCUT2D eigenvalue weighted by atomic mass is 10.1. The number of aryl methyl sites for hydroxylation is 2. The highest BCUT2D eigenvalue weighted by Gasteiger charge is 2.06. The van der Waals surface area contributed by atoms with Crippen LogP contribution in [0.25, 0.3) is 16.6 Å². The van der Waals surface area contributed by atoms with Crippen LogP contribution in [0.4, 0.5) is 5.69 Å². The van der Waals surface area contributed by atoms with Gasteiger partial charge in [-0.25, -0.2) is 4.98 Å². The van der Waals surface area contributed by atoms with E-state index < -0.39 is 0 Å². The number of aromatic nitrogens is 3. The van der Waals surface area contributed by atoms with Crippen LogP contribution in [0.1, 0.15) is 17.1 Å². The molecule has 0 aliphatic heterocycles. The number of para-hydroxylation sites is 1. The van der Waals surface area contributed by atoms with Crippen molar-refractivity contribution in [3.05, 3.63) is 71.8 Å². The highest BCUT2D eigenvalue weighted by Crippen LogP contribution is 2.23. The molecule has 4 rings (SSSR count). The van der Waals surface area contributed by atoms with Crippen molar-refractivity contribution < 1.29 is 0 Å². The van der Waals surface area contributed by atoms with E-state index in [1.165, 1.54) is 5.69 Å². The van der Waals surface area contributed by atoms with Gasteiger partial charge in [0, 0.05) is 28.7 Å². The fourth-order valence-corrected chi connectivity index (χ4v) is 2.92. The molecule has 0 spiro atoms. The second-order valence-corrected chi connectivity index (χ2v) is 5.81. The van der Waals surface area contributed by atoms with E-state index >= 15 is 0 Å². The lowest BCUT2D eigenvalue weighted by Gasteiger charge is -2.09. The molecule has 0 radical (unpaired) electrons. The van der Waals surface area contributed by atoms with Gasteiger partial charge in [0.05, 0.1) is 17.8 Å². The Bertz CT molecular complexity index is 1000. The molecule has 4 aromatic rings. The summed E-state index contributed by atoms with van der Waals surface area (Å²) < 4.78 is 2.12. The third kappa shape index (κ3) is 2.52. The molecule has 4 nitrogen and oxygen atoms in total. The average molecular weight is 302 g/mol. The van der Waals surface area contributed by atoms with E-state index in [0.29, 0.717) is 6.54 Å². The minimum atomic E-state index is 0.689. The van der Waals surface area contributed by atoms with E-state index in [9.17, 15) is 0 Å². The monoisotopic (exact) mass is 302 g/mol. The summed E-state index contributed by atoms with van der Waals surface area (Å²) >= 11 is 0. The Hall–Kier alpha value is -2.88. The molecule has 1 aromatic carbocycles. The molecule has 0 aliphatic rings. The van der Waals surface area contributed by atoms with Crippen molar-refractivity contribution in [2.75, 3.05) is 5.32 Å². The number of nitrogens with one attached hydrogen (secondary N) is 1. The lowest BCUT2D eigenvalue weighted by molar-refractivity contribution is 1.06. The first kappa shape index (κ1) is 13.8. The highest BCUT2D eigenvalue weighted by molar-refractivity contribution is 5.91. The third-order valence-corrected chi connectivity index (χ3v) is 4.05. The Labute approximate surface area is 134 Å². The van der Waals surface area contributed by atoms with E-state index in [4.69, 9.17) is 0 Å². The summed E-state index contributed by atoms with van der Waals surface area (Å²) in [5.74, 6) is 0. The van der Waals surface area contributed by atoms with Gasteiger partial charge in [0.1, 0.15) is 5.65 Å². The van der Waals surface area contributed by atoms with Gasteiger partial charge in [-0.3, -0.25) is 4.98 Å². The van der Waals surface area contributed by atoms with Gasteiger partial charge >= 0.3 is 0 Å². The number of anilines is 1. The average Bonchev–Trinajstić information content (AvgIpc) is 2.97. The summed E-state index contributed by atoms with van der Waals surface area (Å²) in [6.45, 7) is 4.80. The van der Waals surface area contributed by atoms with Crippen LogP contribution in [0.15, 0.2) is 54.7 Å². The van der Waals surface area contributed by atoms with Gasteiger partial charge in [-0.2, -0.15) is 0 Å². The van der Waals surface area contributed by atoms with Crippen LogP contribution in [-0.2, 0) is 6.54 Å². The molecule has 0 saturated heterocycles. The van der Waals surface area contributed by atoms with E-state index in [1.807, 2.05) is 37.3 Å². The van der Waals surface area contributed by atoms with Crippen LogP contribution in [0.2, 0.25) is 0 Å². The number of imidazole rings is 1. The quantitative estimate of drug-likeness (QED) is 0.619. The highest BCUT2D eigenvalue weighted by atomic mass is 15.0. The molecular weight excluding hydrogens is 284 g/mol. The summed E-state index contributed by atoms with van der Waals surface area (Å²) in [6.07, 6.45) is 2.09. The normalized spacial score (nSPS) is 11.2. The first-order valence-electron chi connectivity index (χ1n) is 7.74. The van der Waals surface area contributed by atoms with Crippen molar-refractivity contribution in [3.8, 4) is 0 Å². The van der Waals surface area contributed by atoms with Gasteiger partial charge < -0.3 is 9.72 Å². The van der Waals surface area contributed by atoms with Crippen molar-refractivity contribution >= 4 is 22.2 Å². The molecule has 0 unspecified atom stereocenters. The Morgan fingerprint density at radius 1 is 1.00 bits per heavy atom. The van der Waals surface area contributed by atoms with Crippen LogP contribution in [0.5, 0.6) is 0 Å². The molecule has 23 heavy (non-hydrogen) atoms. The van der Waals surface area contributed by atoms with Crippen LogP contribution >= 0.6 is 0 Å². The summed E-state index contributed by atoms with van der Waals surface area (Å²) in [7, 11) is 0. The number of pyridine rings is 2. The number of rotatable bonds is 3. The van der Waals surface area contributed by atoms with Gasteiger partial charge in [0.25, 0.3) is 0 Å². The van der Waals surface area contributed by atoms with Crippen molar-refractivity contribution in [3.63, 3.8) is 0 Å². The Morgan fingerprint density at radius 2 is 1.87 bits per heavy atom. The van der Waals surface area contributed by atoms with Gasteiger partial charge in [-0.05, 0) is 38.1 Å². The van der Waals surface area contributed by atoms with Gasteiger partial charge in [-0.15, -0.1) is 0 Å². The fraction of sp³-hybridized carbons (Fsp3) is 0.158. The molecule has 0 saturated carbocycles. The zero-order valence-corrected chi connectivity index (χ0v) is 13.2. The van der Waals surface area contributed by atoms with Crippen LogP contribution < -0.4 is 5.32 Å². The molecule has 4 heteroatoms. The van der Waals surface area contributed by atoms with Crippen molar-refractivity contribution in [1.82, 2.24) is 14.4 Å². The Kier molecular flexibility index (Phi) is 3.23. The molecule has 1 N–H and O–H groups in total. The van der Waals surface area contributed by atoms with E-state index in [2.05, 4.69) is 51.0 Å². The Morgan fingerprint density at radius 3 is 2.74 bits per heavy atom. The topological polar surface area (TPSA) is 42.2 Å². The summed E-state index contributed by atoms with van der Waals surface area (Å²) in [4.78, 5) is 9.25. The standard InChI is InChI=1S/C19H18N4/c1-13-10-18(16-7-3-4-8-17(16)21-13)20-11-15-12-23-14(2)6-5-9-19(23)22-15/h3-10,12H,11H2,1-2H3,(H,20,21). The van der Waals surface area contributed by atoms with E-state index in [-0.39, 0.29) is 0 Å². The summed E-state index contributed by atoms with van der Waals surface area (Å²) in [5.41, 5.74) is 6.32. The number of hydrogen-bond acceptors (Lipinski definition) is 3. The van der Waals surface area contributed by atoms with Crippen molar-refractivity contribution in [1.29, 1.82) is 0 Å². The van der Waals surface area contributed by atoms with E-state index in [0.717, 1.165) is 33.6 Å². The fourth-order valence-electron chi connectivity index (χ4n) is 2.92. The van der Waals surface area contributed by atoms with Gasteiger partial charge in [-0.1, -0.05) is 24.3 Å². The molecule has 0 amide bonds. The molecular formula is C19H18N4. The minimum absolute atomic E-state index is 0.689. The Balaban J connectivity index is 1.67. The second kappa shape index (κ2) is 5.39. The second-order valence-electron chi connectivity index (χ2n) is 5.81. The van der Waals surface area contributed by atoms with Crippen molar-refractivity contribution in [2.45, 2.75) is 20.4 Å². The smallest absolute Gasteiger partial charge is 0.137 e. The zero-order chi connectivity index (χ0) is 15.8. The molecule has 114 valence electrons. The number of fused-ring (bicyclic) bond motifs is 2. The summed E-state index contributed by atoms with van der Waals surface area (Å²) in [6, 6.07) is 16.4. The van der Waals surface area contributed by atoms with Gasteiger partial charge in [0.15, 0.2) is 0 Å². The first-order chi connectivity index (χ1) is 11.2. The molecule has 0 bridgehead atoms. The maximum absolute atomic E-state index is 4.68. The van der Waals surface area contributed by atoms with E-state index in [1.54, 1.807) is 0 Å². The maximum Gasteiger partial charge on any atom is 0.137 e. The first-order valence-corrected chi connectivity index (χ1v) is 7.74. The zero-order valence-electron chi connectivity index (χ0n) is 13.2. The third-order valence-electron chi connectivity index (χ3n) is 4.05.